The number of sulfonamides is 1. The summed E-state index contributed by atoms with van der Waals surface area (Å²) in [5.74, 6) is 0.553. The molecule has 0 aromatic heterocycles. The third-order valence-corrected chi connectivity index (χ3v) is 5.66. The molecule has 0 radical (unpaired) electrons. The molecule has 1 N–H and O–H groups in total. The van der Waals surface area contributed by atoms with Crippen molar-refractivity contribution in [2.24, 2.45) is 0 Å². The molecule has 3 rings (SSSR count). The van der Waals surface area contributed by atoms with E-state index in [0.29, 0.717) is 24.4 Å². The van der Waals surface area contributed by atoms with E-state index in [1.54, 1.807) is 19.2 Å². The minimum absolute atomic E-state index is 0.123. The first-order valence-corrected chi connectivity index (χ1v) is 10.2. The van der Waals surface area contributed by atoms with Gasteiger partial charge in [0.05, 0.1) is 31.5 Å². The molecule has 0 saturated carbocycles. The molecule has 0 spiro atoms. The van der Waals surface area contributed by atoms with Gasteiger partial charge in [-0.2, -0.15) is 0 Å². The summed E-state index contributed by atoms with van der Waals surface area (Å²) in [6, 6.07) is 14.5. The summed E-state index contributed by atoms with van der Waals surface area (Å²) < 4.78 is 30.7. The second-order valence-electron chi connectivity index (χ2n) is 6.29. The van der Waals surface area contributed by atoms with Crippen LogP contribution >= 0.6 is 0 Å². The zero-order valence-corrected chi connectivity index (χ0v) is 15.6. The Hall–Kier alpha value is -2.54. The molecule has 1 heterocycles. The van der Waals surface area contributed by atoms with Gasteiger partial charge in [0.25, 0.3) is 0 Å². The standard InChI is InChI=1S/C19H22N2O4S/c1-25-18-10-6-3-7-14(18)13-19(22)20-16-11-12-21(26(2,23)24)17-9-5-4-8-15(16)17/h3-10,16H,11-13H2,1-2H3,(H,20,22). The molecule has 1 aliphatic heterocycles. The van der Waals surface area contributed by atoms with Gasteiger partial charge in [0.15, 0.2) is 0 Å². The van der Waals surface area contributed by atoms with Gasteiger partial charge in [-0.25, -0.2) is 8.42 Å². The van der Waals surface area contributed by atoms with Crippen LogP contribution in [0.25, 0.3) is 0 Å². The van der Waals surface area contributed by atoms with Crippen LogP contribution in [0.5, 0.6) is 5.75 Å². The fraction of sp³-hybridized carbons (Fsp3) is 0.316. The Balaban J connectivity index is 1.79. The minimum atomic E-state index is -3.34. The number of para-hydroxylation sites is 2. The third kappa shape index (κ3) is 3.83. The number of benzene rings is 2. The highest BCUT2D eigenvalue weighted by Crippen LogP contribution is 2.35. The molecule has 0 aliphatic carbocycles. The number of nitrogens with one attached hydrogen (secondary N) is 1. The zero-order chi connectivity index (χ0) is 18.7. The summed E-state index contributed by atoms with van der Waals surface area (Å²) in [4.78, 5) is 12.5. The zero-order valence-electron chi connectivity index (χ0n) is 14.8. The molecule has 6 nitrogen and oxygen atoms in total. The Labute approximate surface area is 153 Å². The van der Waals surface area contributed by atoms with Crippen LogP contribution in [0.1, 0.15) is 23.6 Å². The second-order valence-corrected chi connectivity index (χ2v) is 8.20. The van der Waals surface area contributed by atoms with Crippen LogP contribution in [0.2, 0.25) is 0 Å². The van der Waals surface area contributed by atoms with Crippen molar-refractivity contribution in [3.8, 4) is 5.75 Å². The monoisotopic (exact) mass is 374 g/mol. The number of hydrogen-bond donors (Lipinski definition) is 1. The second kappa shape index (κ2) is 7.37. The van der Waals surface area contributed by atoms with Crippen molar-refractivity contribution in [2.45, 2.75) is 18.9 Å². The van der Waals surface area contributed by atoms with E-state index in [-0.39, 0.29) is 18.4 Å². The van der Waals surface area contributed by atoms with Crippen LogP contribution in [-0.4, -0.2) is 34.2 Å². The van der Waals surface area contributed by atoms with Crippen molar-refractivity contribution in [3.63, 3.8) is 0 Å². The average Bonchev–Trinajstić information content (AvgIpc) is 2.61. The molecule has 26 heavy (non-hydrogen) atoms. The van der Waals surface area contributed by atoms with Crippen molar-refractivity contribution in [1.82, 2.24) is 5.32 Å². The predicted molar refractivity (Wildman–Crippen MR) is 101 cm³/mol. The molecule has 7 heteroatoms. The van der Waals surface area contributed by atoms with E-state index < -0.39 is 10.0 Å². The van der Waals surface area contributed by atoms with E-state index in [9.17, 15) is 13.2 Å². The maximum atomic E-state index is 12.5. The highest BCUT2D eigenvalue weighted by atomic mass is 32.2. The number of carbonyl (C=O) groups excluding carboxylic acids is 1. The number of ether oxygens (including phenoxy) is 1. The van der Waals surface area contributed by atoms with Crippen molar-refractivity contribution < 1.29 is 17.9 Å². The summed E-state index contributed by atoms with van der Waals surface area (Å²) >= 11 is 0. The third-order valence-electron chi connectivity index (χ3n) is 4.48. The molecule has 1 amide bonds. The summed E-state index contributed by atoms with van der Waals surface area (Å²) in [6.07, 6.45) is 1.94. The van der Waals surface area contributed by atoms with Gasteiger partial charge in [0.1, 0.15) is 5.75 Å². The van der Waals surface area contributed by atoms with Crippen LogP contribution in [0.4, 0.5) is 5.69 Å². The van der Waals surface area contributed by atoms with Gasteiger partial charge in [-0.1, -0.05) is 36.4 Å². The lowest BCUT2D eigenvalue weighted by molar-refractivity contribution is -0.121. The molecule has 0 fully saturated rings. The normalized spacial score (nSPS) is 16.7. The van der Waals surface area contributed by atoms with E-state index in [1.165, 1.54) is 10.6 Å². The Morgan fingerprint density at radius 2 is 1.88 bits per heavy atom. The molecule has 1 unspecified atom stereocenters. The minimum Gasteiger partial charge on any atom is -0.496 e. The van der Waals surface area contributed by atoms with Crippen molar-refractivity contribution in [2.75, 3.05) is 24.2 Å². The molecule has 2 aromatic rings. The van der Waals surface area contributed by atoms with Gasteiger partial charge in [-0.3, -0.25) is 9.10 Å². The smallest absolute Gasteiger partial charge is 0.232 e. The number of nitrogens with zero attached hydrogens (tertiary/aromatic N) is 1. The van der Waals surface area contributed by atoms with Crippen LogP contribution in [0, 0.1) is 0 Å². The van der Waals surface area contributed by atoms with Crippen molar-refractivity contribution >= 4 is 21.6 Å². The molecular formula is C19H22N2O4S. The van der Waals surface area contributed by atoms with Crippen molar-refractivity contribution in [3.05, 3.63) is 59.7 Å². The number of rotatable bonds is 5. The fourth-order valence-electron chi connectivity index (χ4n) is 3.29. The number of fused-ring (bicyclic) bond motifs is 1. The van der Waals surface area contributed by atoms with Crippen molar-refractivity contribution in [1.29, 1.82) is 0 Å². The predicted octanol–water partition coefficient (Wildman–Crippen LogP) is 2.26. The number of methoxy groups -OCH3 is 1. The molecular weight excluding hydrogens is 352 g/mol. The number of carbonyl (C=O) groups is 1. The van der Waals surface area contributed by atoms with E-state index in [2.05, 4.69) is 5.32 Å². The first-order chi connectivity index (χ1) is 12.4. The summed E-state index contributed by atoms with van der Waals surface area (Å²) in [5, 5.41) is 3.03. The lowest BCUT2D eigenvalue weighted by Gasteiger charge is -2.34. The Morgan fingerprint density at radius 1 is 1.19 bits per heavy atom. The van der Waals surface area contributed by atoms with E-state index >= 15 is 0 Å². The molecule has 0 saturated heterocycles. The molecule has 1 aliphatic rings. The largest absolute Gasteiger partial charge is 0.496 e. The summed E-state index contributed by atoms with van der Waals surface area (Å²) in [6.45, 7) is 0.343. The highest BCUT2D eigenvalue weighted by Gasteiger charge is 2.30. The summed E-state index contributed by atoms with van der Waals surface area (Å²) in [5.41, 5.74) is 2.26. The fourth-order valence-corrected chi connectivity index (χ4v) is 4.25. The van der Waals surface area contributed by atoms with Gasteiger partial charge in [-0.05, 0) is 24.1 Å². The molecule has 138 valence electrons. The number of amides is 1. The van der Waals surface area contributed by atoms with Gasteiger partial charge < -0.3 is 10.1 Å². The highest BCUT2D eigenvalue weighted by molar-refractivity contribution is 7.92. The summed E-state index contributed by atoms with van der Waals surface area (Å²) in [7, 11) is -1.77. The maximum absolute atomic E-state index is 12.5. The Morgan fingerprint density at radius 3 is 2.62 bits per heavy atom. The van der Waals surface area contributed by atoms with Crippen LogP contribution < -0.4 is 14.4 Å². The van der Waals surface area contributed by atoms with Crippen LogP contribution in [0.3, 0.4) is 0 Å². The first-order valence-electron chi connectivity index (χ1n) is 8.38. The van der Waals surface area contributed by atoms with Gasteiger partial charge >= 0.3 is 0 Å². The molecule has 2 aromatic carbocycles. The average molecular weight is 374 g/mol. The maximum Gasteiger partial charge on any atom is 0.232 e. The SMILES string of the molecule is COc1ccccc1CC(=O)NC1CCN(S(C)(=O)=O)c2ccccc21. The van der Waals surface area contributed by atoms with Gasteiger partial charge in [0.2, 0.25) is 15.9 Å². The van der Waals surface area contributed by atoms with Gasteiger partial charge in [0, 0.05) is 12.1 Å². The van der Waals surface area contributed by atoms with Crippen LogP contribution in [0.15, 0.2) is 48.5 Å². The quantitative estimate of drug-likeness (QED) is 0.871. The van der Waals surface area contributed by atoms with E-state index in [0.717, 1.165) is 11.1 Å². The first kappa shape index (κ1) is 18.3. The topological polar surface area (TPSA) is 75.7 Å². The lowest BCUT2D eigenvalue weighted by atomic mass is 9.97. The number of hydrogen-bond acceptors (Lipinski definition) is 4. The van der Waals surface area contributed by atoms with E-state index in [4.69, 9.17) is 4.74 Å². The van der Waals surface area contributed by atoms with E-state index in [1.807, 2.05) is 36.4 Å². The number of anilines is 1. The molecule has 1 atom stereocenters. The Bertz CT molecular complexity index is 911. The Kier molecular flexibility index (Phi) is 5.18. The van der Waals surface area contributed by atoms with Crippen LogP contribution in [-0.2, 0) is 21.2 Å². The van der Waals surface area contributed by atoms with Gasteiger partial charge in [-0.15, -0.1) is 0 Å². The molecule has 0 bridgehead atoms. The lowest BCUT2D eigenvalue weighted by Crippen LogP contribution is -2.40.